The maximum Gasteiger partial charge on any atom is 0.327 e. The summed E-state index contributed by atoms with van der Waals surface area (Å²) in [7, 11) is 0. The van der Waals surface area contributed by atoms with Crippen molar-refractivity contribution in [1.82, 2.24) is 15.5 Å². The van der Waals surface area contributed by atoms with E-state index in [9.17, 15) is 13.6 Å². The average molecular weight is 458 g/mol. The number of nitrogens with zero attached hydrogens (tertiary/aromatic N) is 3. The number of carbonyl (C=O) groups excluding carboxylic acids is 1. The second-order valence-electron chi connectivity index (χ2n) is 7.99. The van der Waals surface area contributed by atoms with Crippen molar-refractivity contribution < 1.29 is 18.1 Å². The van der Waals surface area contributed by atoms with Gasteiger partial charge in [-0.1, -0.05) is 53.7 Å². The van der Waals surface area contributed by atoms with Crippen molar-refractivity contribution in [3.05, 3.63) is 107 Å². The Morgan fingerprint density at radius 2 is 1.71 bits per heavy atom. The number of aryl methyl sites for hydroxylation is 1. The highest BCUT2D eigenvalue weighted by Gasteiger charge is 2.36. The van der Waals surface area contributed by atoms with Gasteiger partial charge in [-0.2, -0.15) is 4.98 Å². The first-order valence-electron chi connectivity index (χ1n) is 10.6. The fourth-order valence-electron chi connectivity index (χ4n) is 3.99. The summed E-state index contributed by atoms with van der Waals surface area (Å²) in [5.74, 6) is -0.236. The number of carbonyl (C=O) groups is 1. The van der Waals surface area contributed by atoms with Crippen molar-refractivity contribution in [2.24, 2.45) is 0 Å². The van der Waals surface area contributed by atoms with E-state index in [1.165, 1.54) is 23.1 Å². The van der Waals surface area contributed by atoms with Crippen LogP contribution in [0.1, 0.15) is 30.0 Å². The molecule has 0 aliphatic carbocycles. The summed E-state index contributed by atoms with van der Waals surface area (Å²) in [6.45, 7) is 3.38. The summed E-state index contributed by atoms with van der Waals surface area (Å²) >= 11 is 0. The minimum Gasteiger partial charge on any atom is -0.334 e. The Labute approximate surface area is 194 Å². The van der Waals surface area contributed by atoms with Crippen LogP contribution in [0.3, 0.4) is 0 Å². The topological polar surface area (TPSA) is 71.3 Å². The molecule has 0 bridgehead atoms. The van der Waals surface area contributed by atoms with E-state index in [0.717, 1.165) is 5.56 Å². The Kier molecular flexibility index (Phi) is 5.41. The summed E-state index contributed by atoms with van der Waals surface area (Å²) in [6.07, 6.45) is 0. The van der Waals surface area contributed by atoms with E-state index >= 15 is 0 Å². The number of amides is 2. The minimum absolute atomic E-state index is 0.197. The smallest absolute Gasteiger partial charge is 0.327 e. The van der Waals surface area contributed by atoms with Gasteiger partial charge in [0.05, 0.1) is 17.3 Å². The third-order valence-electron chi connectivity index (χ3n) is 5.79. The molecule has 34 heavy (non-hydrogen) atoms. The first-order valence-corrected chi connectivity index (χ1v) is 10.6. The molecule has 2 amide bonds. The van der Waals surface area contributed by atoms with Crippen molar-refractivity contribution in [3.8, 4) is 11.4 Å². The zero-order chi connectivity index (χ0) is 23.8. The lowest BCUT2D eigenvalue weighted by atomic mass is 9.94. The summed E-state index contributed by atoms with van der Waals surface area (Å²) in [5, 5.41) is 7.03. The SMILES string of the molecule is CC1=C(c2nc(-c3ccccc3)no2)C(c2ccc(F)cc2)NC(=O)N1c1ccc(C)c(F)c1. The molecule has 0 saturated carbocycles. The van der Waals surface area contributed by atoms with Crippen LogP contribution in [0.2, 0.25) is 0 Å². The highest BCUT2D eigenvalue weighted by molar-refractivity contribution is 6.01. The highest BCUT2D eigenvalue weighted by atomic mass is 19.1. The standard InChI is InChI=1S/C26H20F2N4O2/c1-15-8-13-20(14-21(15)28)32-16(2)22(23(29-26(32)33)17-9-11-19(27)12-10-17)25-30-24(31-34-25)18-6-4-3-5-7-18/h3-14,23H,1-2H3,(H,29,33). The van der Waals surface area contributed by atoms with E-state index in [0.29, 0.717) is 33.9 Å². The van der Waals surface area contributed by atoms with E-state index in [2.05, 4.69) is 15.5 Å². The molecular formula is C26H20F2N4O2. The highest BCUT2D eigenvalue weighted by Crippen LogP contribution is 2.39. The van der Waals surface area contributed by atoms with Gasteiger partial charge in [-0.3, -0.25) is 4.90 Å². The minimum atomic E-state index is -0.677. The van der Waals surface area contributed by atoms with Crippen molar-refractivity contribution >= 4 is 17.3 Å². The molecule has 3 aromatic carbocycles. The summed E-state index contributed by atoms with van der Waals surface area (Å²) in [5.41, 5.74) is 3.25. The number of halogens is 2. The summed E-state index contributed by atoms with van der Waals surface area (Å²) in [6, 6.07) is 18.6. The van der Waals surface area contributed by atoms with E-state index in [4.69, 9.17) is 4.52 Å². The number of allylic oxidation sites excluding steroid dienone is 1. The second kappa shape index (κ2) is 8.55. The summed E-state index contributed by atoms with van der Waals surface area (Å²) in [4.78, 5) is 19.1. The largest absolute Gasteiger partial charge is 0.334 e. The number of rotatable bonds is 4. The van der Waals surface area contributed by atoms with Crippen LogP contribution < -0.4 is 10.2 Å². The molecule has 0 saturated heterocycles. The molecule has 2 heterocycles. The van der Waals surface area contributed by atoms with Gasteiger partial charge in [0.15, 0.2) is 0 Å². The van der Waals surface area contributed by atoms with Crippen LogP contribution in [0.5, 0.6) is 0 Å². The van der Waals surface area contributed by atoms with Crippen LogP contribution in [0.15, 0.2) is 83.0 Å². The normalized spacial score (nSPS) is 16.1. The zero-order valence-electron chi connectivity index (χ0n) is 18.4. The lowest BCUT2D eigenvalue weighted by Crippen LogP contribution is -2.46. The predicted molar refractivity (Wildman–Crippen MR) is 124 cm³/mol. The molecule has 1 aromatic heterocycles. The number of hydrogen-bond donors (Lipinski definition) is 1. The molecule has 1 aliphatic rings. The van der Waals surface area contributed by atoms with Crippen LogP contribution in [0.4, 0.5) is 19.3 Å². The van der Waals surface area contributed by atoms with Gasteiger partial charge in [-0.05, 0) is 49.2 Å². The number of urea groups is 1. The van der Waals surface area contributed by atoms with E-state index < -0.39 is 23.7 Å². The summed E-state index contributed by atoms with van der Waals surface area (Å²) < 4.78 is 33.5. The molecule has 4 aromatic rings. The van der Waals surface area contributed by atoms with Gasteiger partial charge >= 0.3 is 6.03 Å². The predicted octanol–water partition coefficient (Wildman–Crippen LogP) is 6.03. The average Bonchev–Trinajstić information content (AvgIpc) is 3.32. The van der Waals surface area contributed by atoms with Gasteiger partial charge in [-0.25, -0.2) is 13.6 Å². The molecule has 1 atom stereocenters. The maximum atomic E-state index is 14.3. The Hall–Kier alpha value is -4.33. The lowest BCUT2D eigenvalue weighted by Gasteiger charge is -2.35. The Morgan fingerprint density at radius 3 is 2.41 bits per heavy atom. The van der Waals surface area contributed by atoms with Crippen LogP contribution in [-0.4, -0.2) is 16.2 Å². The molecule has 1 aliphatic heterocycles. The van der Waals surface area contributed by atoms with Crippen LogP contribution >= 0.6 is 0 Å². The van der Waals surface area contributed by atoms with Crippen LogP contribution in [0, 0.1) is 18.6 Å². The number of benzene rings is 3. The van der Waals surface area contributed by atoms with Gasteiger partial charge in [-0.15, -0.1) is 0 Å². The molecule has 170 valence electrons. The molecular weight excluding hydrogens is 438 g/mol. The monoisotopic (exact) mass is 458 g/mol. The van der Waals surface area contributed by atoms with E-state index in [1.54, 1.807) is 38.1 Å². The fourth-order valence-corrected chi connectivity index (χ4v) is 3.99. The first-order chi connectivity index (χ1) is 16.4. The molecule has 1 N–H and O–H groups in total. The number of anilines is 1. The van der Waals surface area contributed by atoms with Crippen molar-refractivity contribution in [1.29, 1.82) is 0 Å². The Bertz CT molecular complexity index is 1400. The molecule has 5 rings (SSSR count). The Balaban J connectivity index is 1.66. The lowest BCUT2D eigenvalue weighted by molar-refractivity contribution is 0.244. The molecule has 6 nitrogen and oxygen atoms in total. The zero-order valence-corrected chi connectivity index (χ0v) is 18.4. The van der Waals surface area contributed by atoms with Gasteiger partial charge in [0.25, 0.3) is 5.89 Å². The van der Waals surface area contributed by atoms with Crippen LogP contribution in [0.25, 0.3) is 17.0 Å². The number of nitrogens with one attached hydrogen (secondary N) is 1. The third-order valence-corrected chi connectivity index (χ3v) is 5.79. The fraction of sp³-hybridized carbons (Fsp3) is 0.115. The second-order valence-corrected chi connectivity index (χ2v) is 7.99. The van der Waals surface area contributed by atoms with E-state index in [1.807, 2.05) is 30.3 Å². The molecule has 0 fully saturated rings. The third kappa shape index (κ3) is 3.83. The molecule has 0 spiro atoms. The Morgan fingerprint density at radius 1 is 0.971 bits per heavy atom. The van der Waals surface area contributed by atoms with Crippen molar-refractivity contribution in [2.45, 2.75) is 19.9 Å². The molecule has 1 unspecified atom stereocenters. The van der Waals surface area contributed by atoms with Gasteiger partial charge in [0.1, 0.15) is 11.6 Å². The van der Waals surface area contributed by atoms with Crippen LogP contribution in [-0.2, 0) is 0 Å². The van der Waals surface area contributed by atoms with E-state index in [-0.39, 0.29) is 5.89 Å². The van der Waals surface area contributed by atoms with Gasteiger partial charge < -0.3 is 9.84 Å². The number of hydrogen-bond acceptors (Lipinski definition) is 4. The quantitative estimate of drug-likeness (QED) is 0.406. The van der Waals surface area contributed by atoms with Crippen molar-refractivity contribution in [2.75, 3.05) is 4.90 Å². The maximum absolute atomic E-state index is 14.3. The molecule has 0 radical (unpaired) electrons. The van der Waals surface area contributed by atoms with Crippen molar-refractivity contribution in [3.63, 3.8) is 0 Å². The van der Waals surface area contributed by atoms with Gasteiger partial charge in [0.2, 0.25) is 5.82 Å². The van der Waals surface area contributed by atoms with Gasteiger partial charge in [0, 0.05) is 11.3 Å². The number of aromatic nitrogens is 2. The first kappa shape index (κ1) is 21.5. The molecule has 8 heteroatoms.